The van der Waals surface area contributed by atoms with Crippen LogP contribution in [0, 0.1) is 17.0 Å². The number of hydrogen-bond donors (Lipinski definition) is 0. The average Bonchev–Trinajstić information content (AvgIpc) is 2.67. The molecule has 1 heterocycles. The summed E-state index contributed by atoms with van der Waals surface area (Å²) in [5.41, 5.74) is 2.14. The maximum atomic E-state index is 10.8. The second kappa shape index (κ2) is 3.34. The van der Waals surface area contributed by atoms with Gasteiger partial charge in [0.2, 0.25) is 0 Å². The molecule has 1 aromatic heterocycles. The SMILES string of the molecule is CCc1cc([N+](=O)[O-])c(C)c2nocc12. The lowest BCUT2D eigenvalue weighted by Gasteiger charge is -2.01. The summed E-state index contributed by atoms with van der Waals surface area (Å²) in [5, 5.41) is 15.5. The molecule has 0 aliphatic heterocycles. The zero-order valence-electron chi connectivity index (χ0n) is 8.48. The van der Waals surface area contributed by atoms with Crippen molar-refractivity contribution in [1.82, 2.24) is 5.16 Å². The van der Waals surface area contributed by atoms with Crippen LogP contribution >= 0.6 is 0 Å². The fourth-order valence-electron chi connectivity index (χ4n) is 1.69. The molecule has 0 saturated heterocycles. The Kier molecular flexibility index (Phi) is 2.15. The number of hydrogen-bond acceptors (Lipinski definition) is 4. The van der Waals surface area contributed by atoms with Gasteiger partial charge in [-0.2, -0.15) is 0 Å². The number of benzene rings is 1. The summed E-state index contributed by atoms with van der Waals surface area (Å²) in [6.45, 7) is 3.63. The fraction of sp³-hybridized carbons (Fsp3) is 0.300. The maximum absolute atomic E-state index is 10.8. The lowest BCUT2D eigenvalue weighted by molar-refractivity contribution is -0.385. The summed E-state index contributed by atoms with van der Waals surface area (Å²) < 4.78 is 4.85. The Bertz CT molecular complexity index is 531. The van der Waals surface area contributed by atoms with Crippen molar-refractivity contribution in [3.8, 4) is 0 Å². The number of nitrogens with zero attached hydrogens (tertiary/aromatic N) is 2. The first kappa shape index (κ1) is 9.64. The molecule has 0 N–H and O–H groups in total. The quantitative estimate of drug-likeness (QED) is 0.559. The van der Waals surface area contributed by atoms with Crippen LogP contribution in [-0.4, -0.2) is 10.1 Å². The zero-order valence-corrected chi connectivity index (χ0v) is 8.48. The number of rotatable bonds is 2. The van der Waals surface area contributed by atoms with Gasteiger partial charge in [0.05, 0.1) is 10.5 Å². The number of aryl methyl sites for hydroxylation is 2. The monoisotopic (exact) mass is 206 g/mol. The van der Waals surface area contributed by atoms with E-state index < -0.39 is 0 Å². The van der Waals surface area contributed by atoms with Crippen LogP contribution in [0.2, 0.25) is 0 Å². The Morgan fingerprint density at radius 3 is 2.93 bits per heavy atom. The highest BCUT2D eigenvalue weighted by molar-refractivity contribution is 5.87. The van der Waals surface area contributed by atoms with Gasteiger partial charge in [-0.25, -0.2) is 0 Å². The second-order valence-electron chi connectivity index (χ2n) is 3.37. The highest BCUT2D eigenvalue weighted by Gasteiger charge is 2.18. The number of nitro groups is 1. The molecular weight excluding hydrogens is 196 g/mol. The van der Waals surface area contributed by atoms with Crippen LogP contribution in [0.5, 0.6) is 0 Å². The minimum atomic E-state index is -0.386. The van der Waals surface area contributed by atoms with Gasteiger partial charge in [0.15, 0.2) is 0 Å². The molecule has 0 saturated carbocycles. The van der Waals surface area contributed by atoms with Gasteiger partial charge in [-0.15, -0.1) is 0 Å². The molecule has 0 fully saturated rings. The van der Waals surface area contributed by atoms with E-state index in [9.17, 15) is 10.1 Å². The molecule has 78 valence electrons. The summed E-state index contributed by atoms with van der Waals surface area (Å²) in [4.78, 5) is 10.4. The highest BCUT2D eigenvalue weighted by Crippen LogP contribution is 2.29. The Morgan fingerprint density at radius 2 is 2.33 bits per heavy atom. The number of aromatic nitrogens is 1. The Balaban J connectivity index is 2.84. The van der Waals surface area contributed by atoms with Gasteiger partial charge in [-0.05, 0) is 18.9 Å². The fourth-order valence-corrected chi connectivity index (χ4v) is 1.69. The van der Waals surface area contributed by atoms with Crippen LogP contribution in [0.1, 0.15) is 18.1 Å². The lowest BCUT2D eigenvalue weighted by atomic mass is 10.0. The van der Waals surface area contributed by atoms with Gasteiger partial charge in [0, 0.05) is 11.5 Å². The van der Waals surface area contributed by atoms with Crippen molar-refractivity contribution in [3.05, 3.63) is 33.6 Å². The van der Waals surface area contributed by atoms with Crippen molar-refractivity contribution in [3.63, 3.8) is 0 Å². The van der Waals surface area contributed by atoms with Gasteiger partial charge in [-0.3, -0.25) is 10.1 Å². The van der Waals surface area contributed by atoms with Gasteiger partial charge >= 0.3 is 0 Å². The Hall–Kier alpha value is -1.91. The van der Waals surface area contributed by atoms with Crippen LogP contribution in [0.25, 0.3) is 10.9 Å². The molecule has 2 rings (SSSR count). The summed E-state index contributed by atoms with van der Waals surface area (Å²) >= 11 is 0. The molecule has 0 unspecified atom stereocenters. The number of fused-ring (bicyclic) bond motifs is 1. The third-order valence-electron chi connectivity index (χ3n) is 2.54. The molecule has 0 radical (unpaired) electrons. The third kappa shape index (κ3) is 1.36. The van der Waals surface area contributed by atoms with E-state index in [1.807, 2.05) is 6.92 Å². The van der Waals surface area contributed by atoms with Gasteiger partial charge in [0.1, 0.15) is 11.8 Å². The average molecular weight is 206 g/mol. The first-order chi connectivity index (χ1) is 7.15. The van der Waals surface area contributed by atoms with E-state index >= 15 is 0 Å². The molecule has 2 aromatic rings. The van der Waals surface area contributed by atoms with Crippen LogP contribution in [0.15, 0.2) is 16.9 Å². The van der Waals surface area contributed by atoms with E-state index in [1.54, 1.807) is 13.0 Å². The molecule has 0 aliphatic carbocycles. The molecule has 0 amide bonds. The van der Waals surface area contributed by atoms with Crippen molar-refractivity contribution in [2.75, 3.05) is 0 Å². The lowest BCUT2D eigenvalue weighted by Crippen LogP contribution is -1.95. The van der Waals surface area contributed by atoms with E-state index in [4.69, 9.17) is 4.52 Å². The largest absolute Gasteiger partial charge is 0.363 e. The molecule has 0 bridgehead atoms. The summed E-state index contributed by atoms with van der Waals surface area (Å²) in [6, 6.07) is 1.59. The Morgan fingerprint density at radius 1 is 1.60 bits per heavy atom. The standard InChI is InChI=1S/C10H10N2O3/c1-3-7-4-9(12(13)14)6(2)10-8(7)5-15-11-10/h4-5H,3H2,1-2H3. The molecule has 15 heavy (non-hydrogen) atoms. The minimum absolute atomic E-state index is 0.105. The molecule has 0 atom stereocenters. The van der Waals surface area contributed by atoms with Crippen molar-refractivity contribution in [2.45, 2.75) is 20.3 Å². The third-order valence-corrected chi connectivity index (χ3v) is 2.54. The van der Waals surface area contributed by atoms with E-state index in [-0.39, 0.29) is 10.6 Å². The van der Waals surface area contributed by atoms with E-state index in [1.165, 1.54) is 6.26 Å². The van der Waals surface area contributed by atoms with Crippen molar-refractivity contribution in [2.24, 2.45) is 0 Å². The van der Waals surface area contributed by atoms with E-state index in [2.05, 4.69) is 5.16 Å². The van der Waals surface area contributed by atoms with Crippen molar-refractivity contribution < 1.29 is 9.45 Å². The maximum Gasteiger partial charge on any atom is 0.274 e. The van der Waals surface area contributed by atoms with Gasteiger partial charge in [-0.1, -0.05) is 12.1 Å². The summed E-state index contributed by atoms with van der Waals surface area (Å²) in [6.07, 6.45) is 2.25. The van der Waals surface area contributed by atoms with E-state index in [0.29, 0.717) is 11.1 Å². The zero-order chi connectivity index (χ0) is 11.0. The molecule has 5 heteroatoms. The van der Waals surface area contributed by atoms with Crippen molar-refractivity contribution >= 4 is 16.6 Å². The smallest absolute Gasteiger partial charge is 0.274 e. The molecular formula is C10H10N2O3. The predicted octanol–water partition coefficient (Wildman–Crippen LogP) is 2.61. The molecule has 5 nitrogen and oxygen atoms in total. The highest BCUT2D eigenvalue weighted by atomic mass is 16.6. The van der Waals surface area contributed by atoms with Crippen LogP contribution in [0.3, 0.4) is 0 Å². The van der Waals surface area contributed by atoms with E-state index in [0.717, 1.165) is 17.4 Å². The Labute approximate surface area is 85.8 Å². The topological polar surface area (TPSA) is 69.2 Å². The first-order valence-corrected chi connectivity index (χ1v) is 4.66. The molecule has 1 aromatic carbocycles. The van der Waals surface area contributed by atoms with Crippen LogP contribution in [0.4, 0.5) is 5.69 Å². The summed E-state index contributed by atoms with van der Waals surface area (Å²) in [5.74, 6) is 0. The van der Waals surface area contributed by atoms with Gasteiger partial charge < -0.3 is 4.52 Å². The molecule has 0 spiro atoms. The first-order valence-electron chi connectivity index (χ1n) is 4.66. The second-order valence-corrected chi connectivity index (χ2v) is 3.37. The summed E-state index contributed by atoms with van der Waals surface area (Å²) in [7, 11) is 0. The normalized spacial score (nSPS) is 10.8. The number of nitro benzene ring substituents is 1. The molecule has 0 aliphatic rings. The van der Waals surface area contributed by atoms with Crippen LogP contribution < -0.4 is 0 Å². The van der Waals surface area contributed by atoms with Gasteiger partial charge in [0.25, 0.3) is 5.69 Å². The predicted molar refractivity (Wildman–Crippen MR) is 54.8 cm³/mol. The minimum Gasteiger partial charge on any atom is -0.363 e. The van der Waals surface area contributed by atoms with Crippen molar-refractivity contribution in [1.29, 1.82) is 0 Å². The van der Waals surface area contributed by atoms with Crippen LogP contribution in [-0.2, 0) is 6.42 Å².